The maximum absolute atomic E-state index is 11.9. The monoisotopic (exact) mass is 311 g/mol. The molecule has 1 aliphatic rings. The Labute approximate surface area is 136 Å². The predicted octanol–water partition coefficient (Wildman–Crippen LogP) is 3.58. The minimum Gasteiger partial charge on any atom is -0.478 e. The van der Waals surface area contributed by atoms with Crippen LogP contribution in [0.1, 0.15) is 44.7 Å². The number of nitrogens with one attached hydrogen (secondary N) is 1. The zero-order chi connectivity index (χ0) is 16.8. The molecule has 0 spiro atoms. The Morgan fingerprint density at radius 1 is 1.00 bits per heavy atom. The third-order valence-electron chi connectivity index (χ3n) is 3.71. The lowest BCUT2D eigenvalue weighted by Crippen LogP contribution is -2.26. The molecule has 1 fully saturated rings. The summed E-state index contributed by atoms with van der Waals surface area (Å²) < 4.78 is 0. The van der Waals surface area contributed by atoms with E-state index < -0.39 is 5.97 Å². The van der Waals surface area contributed by atoms with Crippen molar-refractivity contribution in [3.63, 3.8) is 0 Å². The van der Waals surface area contributed by atoms with Crippen LogP contribution in [0.3, 0.4) is 0 Å². The number of carboxylic acids is 1. The summed E-state index contributed by atoms with van der Waals surface area (Å²) in [5, 5.41) is 12.0. The number of hydrogen-bond acceptors (Lipinski definition) is 2. The zero-order valence-corrected chi connectivity index (χ0v) is 13.4. The summed E-state index contributed by atoms with van der Waals surface area (Å²) >= 11 is 0. The fourth-order valence-electron chi connectivity index (χ4n) is 2.30. The van der Waals surface area contributed by atoms with Crippen molar-refractivity contribution in [1.29, 1.82) is 0 Å². The van der Waals surface area contributed by atoms with Crippen LogP contribution < -0.4 is 5.32 Å². The fraction of sp³-hybridized carbons (Fsp3) is 0.263. The molecular weight excluding hydrogens is 290 g/mol. The number of aryl methyl sites for hydroxylation is 1. The van der Waals surface area contributed by atoms with Crippen molar-refractivity contribution in [3.05, 3.63) is 70.8 Å². The van der Waals surface area contributed by atoms with Gasteiger partial charge in [-0.05, 0) is 43.9 Å². The van der Waals surface area contributed by atoms with Gasteiger partial charge in [0.05, 0.1) is 5.56 Å². The first-order valence-electron chi connectivity index (χ1n) is 7.65. The lowest BCUT2D eigenvalue weighted by atomic mass is 9.97. The second kappa shape index (κ2) is 7.58. The Bertz CT molecular complexity index is 665. The highest BCUT2D eigenvalue weighted by Gasteiger charge is 2.25. The number of aromatic carboxylic acids is 1. The van der Waals surface area contributed by atoms with Gasteiger partial charge in [-0.25, -0.2) is 4.79 Å². The summed E-state index contributed by atoms with van der Waals surface area (Å²) in [6.45, 7) is 3.41. The van der Waals surface area contributed by atoms with Crippen LogP contribution >= 0.6 is 0 Å². The van der Waals surface area contributed by atoms with Crippen LogP contribution in [0.5, 0.6) is 0 Å². The summed E-state index contributed by atoms with van der Waals surface area (Å²) in [6.07, 6.45) is 2.03. The van der Waals surface area contributed by atoms with E-state index >= 15 is 0 Å². The first kappa shape index (κ1) is 16.7. The van der Waals surface area contributed by atoms with Crippen LogP contribution in [0.25, 0.3) is 0 Å². The molecule has 1 amide bonds. The molecule has 0 bridgehead atoms. The molecule has 0 aliphatic heterocycles. The molecule has 0 heterocycles. The largest absolute Gasteiger partial charge is 0.478 e. The second-order valence-corrected chi connectivity index (χ2v) is 5.64. The Morgan fingerprint density at radius 2 is 1.52 bits per heavy atom. The topological polar surface area (TPSA) is 66.4 Å². The fourth-order valence-corrected chi connectivity index (χ4v) is 2.30. The van der Waals surface area contributed by atoms with E-state index in [0.29, 0.717) is 16.7 Å². The molecule has 23 heavy (non-hydrogen) atoms. The Morgan fingerprint density at radius 3 is 1.96 bits per heavy atom. The van der Waals surface area contributed by atoms with Gasteiger partial charge in [0.1, 0.15) is 0 Å². The minimum atomic E-state index is -0.985. The molecule has 0 aromatic heterocycles. The lowest BCUT2D eigenvalue weighted by Gasteiger charge is -2.11. The van der Waals surface area contributed by atoms with Crippen molar-refractivity contribution in [2.24, 2.45) is 0 Å². The number of benzene rings is 2. The smallest absolute Gasteiger partial charge is 0.336 e. The van der Waals surface area contributed by atoms with Gasteiger partial charge in [-0.3, -0.25) is 4.79 Å². The van der Waals surface area contributed by atoms with Crippen LogP contribution in [0.2, 0.25) is 0 Å². The summed E-state index contributed by atoms with van der Waals surface area (Å²) in [7, 11) is 0. The van der Waals surface area contributed by atoms with E-state index in [1.165, 1.54) is 0 Å². The van der Waals surface area contributed by atoms with Crippen molar-refractivity contribution in [2.45, 2.75) is 32.7 Å². The van der Waals surface area contributed by atoms with Crippen LogP contribution in [0, 0.1) is 13.8 Å². The zero-order valence-electron chi connectivity index (χ0n) is 13.4. The molecule has 2 aromatic carbocycles. The molecule has 1 saturated carbocycles. The van der Waals surface area contributed by atoms with E-state index in [2.05, 4.69) is 5.32 Å². The molecule has 120 valence electrons. The predicted molar refractivity (Wildman–Crippen MR) is 89.8 cm³/mol. The van der Waals surface area contributed by atoms with Gasteiger partial charge in [0.15, 0.2) is 0 Å². The van der Waals surface area contributed by atoms with Gasteiger partial charge in [0.2, 0.25) is 0 Å². The highest BCUT2D eigenvalue weighted by atomic mass is 16.4. The van der Waals surface area contributed by atoms with Gasteiger partial charge in [-0.2, -0.15) is 0 Å². The van der Waals surface area contributed by atoms with Crippen LogP contribution in [-0.2, 0) is 0 Å². The molecule has 2 N–H and O–H groups in total. The molecule has 4 heteroatoms. The van der Waals surface area contributed by atoms with Crippen LogP contribution in [0.4, 0.5) is 0 Å². The standard InChI is InChI=1S/C13H15NO3.C6H6/c1-7-3-6-10(8(2)11(7)13(16)17)12(15)14-9-4-5-9;1-2-4-6-5-3-1/h3,6,9H,4-5H2,1-2H3,(H,14,15)(H,16,17);1-6H. The number of amides is 1. The number of hydrogen-bond donors (Lipinski definition) is 2. The maximum atomic E-state index is 11.9. The van der Waals surface area contributed by atoms with Gasteiger partial charge in [-0.15, -0.1) is 0 Å². The van der Waals surface area contributed by atoms with E-state index in [-0.39, 0.29) is 17.5 Å². The van der Waals surface area contributed by atoms with Gasteiger partial charge in [0, 0.05) is 11.6 Å². The first-order valence-corrected chi connectivity index (χ1v) is 7.65. The van der Waals surface area contributed by atoms with Crippen LogP contribution in [0.15, 0.2) is 48.5 Å². The molecule has 0 unspecified atom stereocenters. The molecule has 0 radical (unpaired) electrons. The SMILES string of the molecule is Cc1ccc(C(=O)NC2CC2)c(C)c1C(=O)O.c1ccccc1. The molecule has 0 atom stereocenters. The van der Waals surface area contributed by atoms with Gasteiger partial charge >= 0.3 is 5.97 Å². The minimum absolute atomic E-state index is 0.174. The van der Waals surface area contributed by atoms with E-state index in [1.807, 2.05) is 36.4 Å². The van der Waals surface area contributed by atoms with Crippen molar-refractivity contribution in [2.75, 3.05) is 0 Å². The average molecular weight is 311 g/mol. The maximum Gasteiger partial charge on any atom is 0.336 e. The highest BCUT2D eigenvalue weighted by Crippen LogP contribution is 2.22. The van der Waals surface area contributed by atoms with Gasteiger partial charge in [-0.1, -0.05) is 42.5 Å². The molecular formula is C19H21NO3. The molecule has 0 saturated heterocycles. The summed E-state index contributed by atoms with van der Waals surface area (Å²) in [4.78, 5) is 23.0. The Hall–Kier alpha value is -2.62. The van der Waals surface area contributed by atoms with Crippen molar-refractivity contribution < 1.29 is 14.7 Å². The van der Waals surface area contributed by atoms with E-state index in [0.717, 1.165) is 12.8 Å². The molecule has 2 aromatic rings. The number of carbonyl (C=O) groups excluding carboxylic acids is 1. The van der Waals surface area contributed by atoms with Gasteiger partial charge < -0.3 is 10.4 Å². The summed E-state index contributed by atoms with van der Waals surface area (Å²) in [6, 6.07) is 15.6. The van der Waals surface area contributed by atoms with Crippen molar-refractivity contribution in [1.82, 2.24) is 5.32 Å². The first-order chi connectivity index (χ1) is 11.0. The molecule has 1 aliphatic carbocycles. The number of carbonyl (C=O) groups is 2. The Balaban J connectivity index is 0.000000268. The van der Waals surface area contributed by atoms with E-state index in [9.17, 15) is 9.59 Å². The van der Waals surface area contributed by atoms with Crippen molar-refractivity contribution in [3.8, 4) is 0 Å². The second-order valence-electron chi connectivity index (χ2n) is 5.64. The highest BCUT2D eigenvalue weighted by molar-refractivity contribution is 6.00. The molecule has 4 nitrogen and oxygen atoms in total. The summed E-state index contributed by atoms with van der Waals surface area (Å²) in [5.74, 6) is -1.16. The average Bonchev–Trinajstić information content (AvgIpc) is 3.33. The normalized spacial score (nSPS) is 12.8. The van der Waals surface area contributed by atoms with Gasteiger partial charge in [0.25, 0.3) is 5.91 Å². The Kier molecular flexibility index (Phi) is 5.52. The number of rotatable bonds is 3. The van der Waals surface area contributed by atoms with E-state index in [1.54, 1.807) is 26.0 Å². The molecule has 3 rings (SSSR count). The third-order valence-corrected chi connectivity index (χ3v) is 3.71. The number of carboxylic acid groups (broad SMARTS) is 1. The lowest BCUT2D eigenvalue weighted by molar-refractivity contribution is 0.0695. The van der Waals surface area contributed by atoms with E-state index in [4.69, 9.17) is 5.11 Å². The van der Waals surface area contributed by atoms with Crippen molar-refractivity contribution >= 4 is 11.9 Å². The quantitative estimate of drug-likeness (QED) is 0.910. The van der Waals surface area contributed by atoms with Crippen LogP contribution in [-0.4, -0.2) is 23.0 Å². The third kappa shape index (κ3) is 4.68. The summed E-state index contributed by atoms with van der Waals surface area (Å²) in [5.41, 5.74) is 1.90.